The van der Waals surface area contributed by atoms with Crippen LogP contribution in [0.3, 0.4) is 0 Å². The molecular formula is C29H32N2O9. The summed E-state index contributed by atoms with van der Waals surface area (Å²) in [6.45, 7) is 4.68. The molecule has 4 rings (SSSR count). The molecule has 1 N–H and O–H groups in total. The normalized spacial score (nSPS) is 22.5. The zero-order valence-electron chi connectivity index (χ0n) is 23.0. The average Bonchev–Trinajstić information content (AvgIpc) is 3.39. The van der Waals surface area contributed by atoms with Crippen molar-refractivity contribution >= 4 is 35.5 Å². The van der Waals surface area contributed by atoms with E-state index in [4.69, 9.17) is 18.9 Å². The standard InChI is InChI=1S/C29H32N2O9/c1-6-39-26(35)29(27(36)40-7-2)22(24(33)38-5)21(23(32)37-4)28(30-29)19-14-13-17(3)15-20(19)31(25(28)34)16-18-11-9-8-10-12-18/h8-15,21-22,30H,6-7,16H2,1-5H3/t21-,22+,28+/m0/s1. The Bertz CT molecular complexity index is 1320. The lowest BCUT2D eigenvalue weighted by Gasteiger charge is -2.31. The Morgan fingerprint density at radius 1 is 0.875 bits per heavy atom. The molecule has 0 aromatic heterocycles. The molecule has 0 unspecified atom stereocenters. The van der Waals surface area contributed by atoms with Gasteiger partial charge in [0.25, 0.3) is 5.91 Å². The minimum atomic E-state index is -2.60. The second-order valence-corrected chi connectivity index (χ2v) is 9.58. The van der Waals surface area contributed by atoms with Crippen molar-refractivity contribution in [2.45, 2.75) is 38.4 Å². The number of aryl methyl sites for hydroxylation is 1. The summed E-state index contributed by atoms with van der Waals surface area (Å²) < 4.78 is 20.6. The van der Waals surface area contributed by atoms with Gasteiger partial charge in [-0.05, 0) is 38.0 Å². The van der Waals surface area contributed by atoms with E-state index >= 15 is 0 Å². The molecule has 2 aliphatic heterocycles. The SMILES string of the molecule is CCOC(=O)C1(C(=O)OCC)N[C@@]2(C(=O)N(Cc3ccccc3)c3cc(C)ccc32)[C@H](C(=O)OC)[C@@H]1C(=O)OC. The highest BCUT2D eigenvalue weighted by atomic mass is 16.6. The lowest BCUT2D eigenvalue weighted by Crippen LogP contribution is -2.65. The maximum Gasteiger partial charge on any atom is 0.339 e. The number of amides is 1. The number of fused-ring (bicyclic) bond motifs is 2. The first-order valence-electron chi connectivity index (χ1n) is 12.9. The number of carbonyl (C=O) groups excluding carboxylic acids is 5. The van der Waals surface area contributed by atoms with Gasteiger partial charge < -0.3 is 23.8 Å². The van der Waals surface area contributed by atoms with E-state index in [1.165, 1.54) is 18.7 Å². The Kier molecular flexibility index (Phi) is 7.97. The molecule has 2 aromatic rings. The van der Waals surface area contributed by atoms with E-state index in [0.29, 0.717) is 11.3 Å². The molecule has 2 aliphatic rings. The molecule has 2 heterocycles. The number of methoxy groups -OCH3 is 2. The average molecular weight is 553 g/mol. The van der Waals surface area contributed by atoms with Gasteiger partial charge in [-0.25, -0.2) is 9.59 Å². The highest BCUT2D eigenvalue weighted by Crippen LogP contribution is 2.56. The molecule has 0 saturated carbocycles. The van der Waals surface area contributed by atoms with Crippen molar-refractivity contribution in [2.75, 3.05) is 32.3 Å². The summed E-state index contributed by atoms with van der Waals surface area (Å²) >= 11 is 0. The van der Waals surface area contributed by atoms with Crippen LogP contribution in [0.1, 0.15) is 30.5 Å². The molecule has 1 saturated heterocycles. The van der Waals surface area contributed by atoms with Crippen LogP contribution in [0.5, 0.6) is 0 Å². The molecular weight excluding hydrogens is 520 g/mol. The minimum Gasteiger partial charge on any atom is -0.469 e. The fourth-order valence-electron chi connectivity index (χ4n) is 5.76. The summed E-state index contributed by atoms with van der Waals surface area (Å²) in [6.07, 6.45) is 0. The first-order valence-corrected chi connectivity index (χ1v) is 12.9. The molecule has 11 heteroatoms. The zero-order valence-corrected chi connectivity index (χ0v) is 23.0. The topological polar surface area (TPSA) is 138 Å². The smallest absolute Gasteiger partial charge is 0.339 e. The van der Waals surface area contributed by atoms with E-state index in [1.54, 1.807) is 18.2 Å². The van der Waals surface area contributed by atoms with E-state index in [-0.39, 0.29) is 19.8 Å². The Morgan fingerprint density at radius 2 is 1.45 bits per heavy atom. The molecule has 1 spiro atoms. The summed E-state index contributed by atoms with van der Waals surface area (Å²) in [7, 11) is 2.15. The Balaban J connectivity index is 2.05. The number of nitrogens with zero attached hydrogens (tertiary/aromatic N) is 1. The van der Waals surface area contributed by atoms with E-state index in [1.807, 2.05) is 37.3 Å². The van der Waals surface area contributed by atoms with Gasteiger partial charge in [0.05, 0.1) is 34.0 Å². The number of hydrogen-bond donors (Lipinski definition) is 1. The maximum absolute atomic E-state index is 14.6. The third-order valence-electron chi connectivity index (χ3n) is 7.40. The van der Waals surface area contributed by atoms with E-state index in [2.05, 4.69) is 5.32 Å². The minimum absolute atomic E-state index is 0.113. The summed E-state index contributed by atoms with van der Waals surface area (Å²) in [6, 6.07) is 14.3. The first-order chi connectivity index (χ1) is 19.1. The predicted molar refractivity (Wildman–Crippen MR) is 141 cm³/mol. The number of esters is 4. The van der Waals surface area contributed by atoms with Crippen molar-refractivity contribution < 1.29 is 42.9 Å². The molecule has 11 nitrogen and oxygen atoms in total. The summed E-state index contributed by atoms with van der Waals surface area (Å²) in [4.78, 5) is 70.5. The molecule has 1 amide bonds. The molecule has 0 bridgehead atoms. The van der Waals surface area contributed by atoms with Crippen LogP contribution in [-0.2, 0) is 55.0 Å². The van der Waals surface area contributed by atoms with Crippen LogP contribution >= 0.6 is 0 Å². The van der Waals surface area contributed by atoms with Gasteiger partial charge in [0.1, 0.15) is 17.4 Å². The molecule has 2 aromatic carbocycles. The summed E-state index contributed by atoms with van der Waals surface area (Å²) in [5.41, 5.74) is -2.33. The predicted octanol–water partition coefficient (Wildman–Crippen LogP) is 1.78. The molecule has 1 fully saturated rings. The third kappa shape index (κ3) is 4.21. The number of ether oxygens (including phenoxy) is 4. The van der Waals surface area contributed by atoms with Crippen LogP contribution in [0.15, 0.2) is 48.5 Å². The Hall–Kier alpha value is -4.25. The van der Waals surface area contributed by atoms with Crippen LogP contribution in [0.4, 0.5) is 5.69 Å². The highest BCUT2D eigenvalue weighted by Gasteiger charge is 2.79. The van der Waals surface area contributed by atoms with Crippen molar-refractivity contribution in [1.29, 1.82) is 0 Å². The largest absolute Gasteiger partial charge is 0.469 e. The molecule has 0 aliphatic carbocycles. The van der Waals surface area contributed by atoms with E-state index in [9.17, 15) is 24.0 Å². The molecule has 40 heavy (non-hydrogen) atoms. The first kappa shape index (κ1) is 28.8. The van der Waals surface area contributed by atoms with E-state index < -0.39 is 52.7 Å². The van der Waals surface area contributed by atoms with Gasteiger partial charge in [-0.15, -0.1) is 0 Å². The van der Waals surface area contributed by atoms with Crippen molar-refractivity contribution in [1.82, 2.24) is 5.32 Å². The lowest BCUT2D eigenvalue weighted by atomic mass is 9.72. The van der Waals surface area contributed by atoms with Crippen molar-refractivity contribution in [2.24, 2.45) is 11.8 Å². The molecule has 212 valence electrons. The van der Waals surface area contributed by atoms with Crippen LogP contribution < -0.4 is 10.2 Å². The second kappa shape index (κ2) is 11.1. The van der Waals surface area contributed by atoms with Gasteiger partial charge in [-0.3, -0.25) is 19.7 Å². The summed E-state index contributed by atoms with van der Waals surface area (Å²) in [5, 5.41) is 2.88. The monoisotopic (exact) mass is 552 g/mol. The van der Waals surface area contributed by atoms with Crippen LogP contribution in [-0.4, -0.2) is 62.8 Å². The third-order valence-corrected chi connectivity index (χ3v) is 7.40. The number of rotatable bonds is 8. The van der Waals surface area contributed by atoms with Gasteiger partial charge in [-0.1, -0.05) is 42.5 Å². The van der Waals surface area contributed by atoms with Crippen molar-refractivity contribution in [3.63, 3.8) is 0 Å². The van der Waals surface area contributed by atoms with Gasteiger partial charge in [0.15, 0.2) is 0 Å². The fraction of sp³-hybridized carbons (Fsp3) is 0.414. The molecule has 0 radical (unpaired) electrons. The van der Waals surface area contributed by atoms with Gasteiger partial charge in [0, 0.05) is 11.3 Å². The quantitative estimate of drug-likeness (QED) is 0.293. The highest BCUT2D eigenvalue weighted by molar-refractivity contribution is 6.17. The Labute approximate surface area is 231 Å². The van der Waals surface area contributed by atoms with Crippen LogP contribution in [0.2, 0.25) is 0 Å². The number of hydrogen-bond acceptors (Lipinski definition) is 10. The number of carbonyl (C=O) groups is 5. The van der Waals surface area contributed by atoms with Crippen molar-refractivity contribution in [3.05, 3.63) is 65.2 Å². The zero-order chi connectivity index (χ0) is 29.2. The van der Waals surface area contributed by atoms with Crippen LogP contribution in [0, 0.1) is 18.8 Å². The number of nitrogens with one attached hydrogen (secondary N) is 1. The summed E-state index contributed by atoms with van der Waals surface area (Å²) in [5.74, 6) is -8.68. The van der Waals surface area contributed by atoms with Gasteiger partial charge >= 0.3 is 23.9 Å². The van der Waals surface area contributed by atoms with Gasteiger partial charge in [-0.2, -0.15) is 0 Å². The molecule has 3 atom stereocenters. The maximum atomic E-state index is 14.6. The number of benzene rings is 2. The van der Waals surface area contributed by atoms with Gasteiger partial charge in [0.2, 0.25) is 5.54 Å². The Morgan fingerprint density at radius 3 is 2.00 bits per heavy atom. The van der Waals surface area contributed by atoms with Crippen LogP contribution in [0.25, 0.3) is 0 Å². The van der Waals surface area contributed by atoms with Crippen molar-refractivity contribution in [3.8, 4) is 0 Å². The fourth-order valence-corrected chi connectivity index (χ4v) is 5.76. The van der Waals surface area contributed by atoms with E-state index in [0.717, 1.165) is 25.3 Å². The second-order valence-electron chi connectivity index (χ2n) is 9.58. The lowest BCUT2D eigenvalue weighted by molar-refractivity contribution is -0.175. The number of anilines is 1.